The van der Waals surface area contributed by atoms with Crippen LogP contribution in [0.15, 0.2) is 53.7 Å². The number of nitrogens with zero attached hydrogens (tertiary/aromatic N) is 6. The summed E-state index contributed by atoms with van der Waals surface area (Å²) in [5, 5.41) is 14.2. The van der Waals surface area contributed by atoms with Crippen LogP contribution >= 0.6 is 0 Å². The second-order valence-electron chi connectivity index (χ2n) is 8.01. The van der Waals surface area contributed by atoms with Crippen molar-refractivity contribution >= 4 is 5.91 Å². The van der Waals surface area contributed by atoms with Crippen LogP contribution in [0.5, 0.6) is 0 Å². The van der Waals surface area contributed by atoms with Crippen molar-refractivity contribution in [3.05, 3.63) is 87.5 Å². The van der Waals surface area contributed by atoms with E-state index in [0.29, 0.717) is 17.3 Å². The smallest absolute Gasteiger partial charge is 0.344 e. The van der Waals surface area contributed by atoms with Crippen molar-refractivity contribution in [2.45, 2.75) is 26.1 Å². The molecule has 13 heteroatoms. The van der Waals surface area contributed by atoms with Gasteiger partial charge < -0.3 is 5.32 Å². The van der Waals surface area contributed by atoms with E-state index in [1.807, 2.05) is 0 Å². The molecule has 9 nitrogen and oxygen atoms in total. The standard InChI is InChI=1S/C23H19F4N7O2/c1-12-7-18(21(35)30-13(2)16-5-4-6-17(20(16)24)23(25,26)27)31-34(22(12)36)15-8-14(9-28-10-15)19-11-29-32-33(19)3/h4-11,13H,1-3H3,(H,30,35)/t13-/m1/s1. The molecule has 0 aliphatic heterocycles. The molecule has 0 saturated heterocycles. The first-order valence-electron chi connectivity index (χ1n) is 10.5. The summed E-state index contributed by atoms with van der Waals surface area (Å²) in [5.41, 5.74) is -0.821. The van der Waals surface area contributed by atoms with Crippen molar-refractivity contribution in [3.63, 3.8) is 0 Å². The Morgan fingerprint density at radius 1 is 1.14 bits per heavy atom. The van der Waals surface area contributed by atoms with Crippen molar-refractivity contribution < 1.29 is 22.4 Å². The van der Waals surface area contributed by atoms with E-state index in [2.05, 4.69) is 25.7 Å². The number of hydrogen-bond donors (Lipinski definition) is 1. The molecule has 36 heavy (non-hydrogen) atoms. The van der Waals surface area contributed by atoms with E-state index < -0.39 is 35.1 Å². The number of benzene rings is 1. The quantitative estimate of drug-likeness (QED) is 0.420. The summed E-state index contributed by atoms with van der Waals surface area (Å²) >= 11 is 0. The third-order valence-corrected chi connectivity index (χ3v) is 5.45. The van der Waals surface area contributed by atoms with Crippen LogP contribution in [0.4, 0.5) is 17.6 Å². The van der Waals surface area contributed by atoms with Crippen LogP contribution in [0.25, 0.3) is 16.9 Å². The van der Waals surface area contributed by atoms with Gasteiger partial charge in [-0.1, -0.05) is 17.3 Å². The molecule has 1 aromatic carbocycles. The van der Waals surface area contributed by atoms with E-state index >= 15 is 0 Å². The Hall–Kier alpha value is -4.42. The highest BCUT2D eigenvalue weighted by Crippen LogP contribution is 2.33. The molecule has 3 aromatic heterocycles. The van der Waals surface area contributed by atoms with Crippen LogP contribution in [0.2, 0.25) is 0 Å². The Morgan fingerprint density at radius 2 is 1.89 bits per heavy atom. The molecule has 0 unspecified atom stereocenters. The monoisotopic (exact) mass is 501 g/mol. The molecular weight excluding hydrogens is 482 g/mol. The van der Waals surface area contributed by atoms with Gasteiger partial charge >= 0.3 is 6.18 Å². The summed E-state index contributed by atoms with van der Waals surface area (Å²) in [6.07, 6.45) is -0.447. The topological polar surface area (TPSA) is 108 Å². The van der Waals surface area contributed by atoms with Crippen LogP contribution in [-0.2, 0) is 13.2 Å². The lowest BCUT2D eigenvalue weighted by molar-refractivity contribution is -0.140. The molecule has 1 N–H and O–H groups in total. The summed E-state index contributed by atoms with van der Waals surface area (Å²) in [4.78, 5) is 29.8. The van der Waals surface area contributed by atoms with E-state index in [-0.39, 0.29) is 22.5 Å². The minimum absolute atomic E-state index is 0.181. The summed E-state index contributed by atoms with van der Waals surface area (Å²) in [5.74, 6) is -2.28. The number of halogens is 4. The van der Waals surface area contributed by atoms with Gasteiger partial charge in [0.1, 0.15) is 11.5 Å². The van der Waals surface area contributed by atoms with Crippen molar-refractivity contribution in [1.29, 1.82) is 0 Å². The van der Waals surface area contributed by atoms with Crippen molar-refractivity contribution in [3.8, 4) is 16.9 Å². The molecule has 0 spiro atoms. The fourth-order valence-electron chi connectivity index (χ4n) is 3.59. The Kier molecular flexibility index (Phi) is 6.39. The minimum Gasteiger partial charge on any atom is -0.344 e. The Bertz CT molecular complexity index is 1510. The highest BCUT2D eigenvalue weighted by molar-refractivity contribution is 5.92. The summed E-state index contributed by atoms with van der Waals surface area (Å²) in [6, 6.07) is 4.57. The normalized spacial score (nSPS) is 12.4. The zero-order chi connectivity index (χ0) is 26.2. The maximum absolute atomic E-state index is 14.5. The van der Waals surface area contributed by atoms with E-state index in [4.69, 9.17) is 0 Å². The predicted molar refractivity (Wildman–Crippen MR) is 120 cm³/mol. The van der Waals surface area contributed by atoms with Gasteiger partial charge in [-0.3, -0.25) is 14.6 Å². The highest BCUT2D eigenvalue weighted by Gasteiger charge is 2.35. The molecule has 0 radical (unpaired) electrons. The zero-order valence-electron chi connectivity index (χ0n) is 19.2. The van der Waals surface area contributed by atoms with Crippen LogP contribution in [-0.4, -0.2) is 35.7 Å². The molecule has 186 valence electrons. The molecule has 0 bridgehead atoms. The number of aryl methyl sites for hydroxylation is 2. The molecule has 0 aliphatic rings. The summed E-state index contributed by atoms with van der Waals surface area (Å²) in [7, 11) is 1.68. The molecule has 1 amide bonds. The first-order chi connectivity index (χ1) is 17.0. The number of hydrogen-bond acceptors (Lipinski definition) is 6. The molecule has 0 fully saturated rings. The van der Waals surface area contributed by atoms with Gasteiger partial charge in [0, 0.05) is 29.9 Å². The largest absolute Gasteiger partial charge is 0.419 e. The maximum atomic E-state index is 14.5. The number of pyridine rings is 1. The Balaban J connectivity index is 1.66. The number of alkyl halides is 3. The molecule has 4 rings (SSSR count). The van der Waals surface area contributed by atoms with E-state index in [9.17, 15) is 27.2 Å². The maximum Gasteiger partial charge on any atom is 0.419 e. The van der Waals surface area contributed by atoms with Crippen molar-refractivity contribution in [2.75, 3.05) is 0 Å². The highest BCUT2D eigenvalue weighted by atomic mass is 19.4. The number of carbonyl (C=O) groups excluding carboxylic acids is 1. The van der Waals surface area contributed by atoms with Crippen LogP contribution in [0.1, 0.15) is 40.1 Å². The predicted octanol–water partition coefficient (Wildman–Crippen LogP) is 3.38. The lowest BCUT2D eigenvalue weighted by Gasteiger charge is -2.18. The molecular formula is C23H19F4N7O2. The van der Waals surface area contributed by atoms with E-state index in [0.717, 1.165) is 16.8 Å². The first kappa shape index (κ1) is 24.7. The average Bonchev–Trinajstić information content (AvgIpc) is 3.25. The Labute approximate surface area is 201 Å². The van der Waals surface area contributed by atoms with Gasteiger partial charge in [0.2, 0.25) is 0 Å². The Morgan fingerprint density at radius 3 is 2.56 bits per heavy atom. The second-order valence-corrected chi connectivity index (χ2v) is 8.01. The van der Waals surface area contributed by atoms with E-state index in [1.165, 1.54) is 37.0 Å². The lowest BCUT2D eigenvalue weighted by atomic mass is 10.0. The first-order valence-corrected chi connectivity index (χ1v) is 10.5. The molecule has 0 aliphatic carbocycles. The van der Waals surface area contributed by atoms with Crippen molar-refractivity contribution in [1.82, 2.24) is 35.1 Å². The van der Waals surface area contributed by atoms with Crippen LogP contribution in [0, 0.1) is 12.7 Å². The molecule has 4 aromatic rings. The van der Waals surface area contributed by atoms with Gasteiger partial charge in [0.05, 0.1) is 35.4 Å². The number of carbonyl (C=O) groups is 1. The minimum atomic E-state index is -4.88. The number of nitrogens with one attached hydrogen (secondary N) is 1. The molecule has 3 heterocycles. The van der Waals surface area contributed by atoms with Gasteiger partial charge in [-0.15, -0.1) is 5.10 Å². The van der Waals surface area contributed by atoms with Gasteiger partial charge in [0.15, 0.2) is 0 Å². The summed E-state index contributed by atoms with van der Waals surface area (Å²) < 4.78 is 56.2. The van der Waals surface area contributed by atoms with Crippen molar-refractivity contribution in [2.24, 2.45) is 7.05 Å². The number of aromatic nitrogens is 6. The SMILES string of the molecule is Cc1cc(C(=O)N[C@H](C)c2cccc(C(F)(F)F)c2F)nn(-c2cncc(-c3cnnn3C)c2)c1=O. The molecule has 1 atom stereocenters. The fraction of sp³-hybridized carbons (Fsp3) is 0.217. The van der Waals surface area contributed by atoms with E-state index in [1.54, 1.807) is 19.3 Å². The lowest BCUT2D eigenvalue weighted by Crippen LogP contribution is -2.32. The fourth-order valence-corrected chi connectivity index (χ4v) is 3.59. The third-order valence-electron chi connectivity index (χ3n) is 5.45. The molecule has 0 saturated carbocycles. The van der Waals surface area contributed by atoms with Crippen LogP contribution in [0.3, 0.4) is 0 Å². The van der Waals surface area contributed by atoms with Gasteiger partial charge in [0.25, 0.3) is 11.5 Å². The van der Waals surface area contributed by atoms with Gasteiger partial charge in [-0.05, 0) is 32.0 Å². The van der Waals surface area contributed by atoms with Gasteiger partial charge in [-0.25, -0.2) is 9.07 Å². The number of rotatable bonds is 5. The third kappa shape index (κ3) is 4.72. The van der Waals surface area contributed by atoms with Crippen LogP contribution < -0.4 is 10.9 Å². The van der Waals surface area contributed by atoms with Gasteiger partial charge in [-0.2, -0.15) is 23.0 Å². The number of amides is 1. The second kappa shape index (κ2) is 9.32. The summed E-state index contributed by atoms with van der Waals surface area (Å²) in [6.45, 7) is 2.82. The average molecular weight is 501 g/mol. The zero-order valence-corrected chi connectivity index (χ0v) is 19.2.